The van der Waals surface area contributed by atoms with Crippen molar-refractivity contribution in [1.29, 1.82) is 5.26 Å². The molecule has 0 radical (unpaired) electrons. The van der Waals surface area contributed by atoms with Crippen molar-refractivity contribution in [2.75, 3.05) is 20.3 Å². The van der Waals surface area contributed by atoms with Crippen LogP contribution in [-0.2, 0) is 4.74 Å². The third-order valence-electron chi connectivity index (χ3n) is 2.93. The van der Waals surface area contributed by atoms with Gasteiger partial charge in [0, 0.05) is 0 Å². The number of carbonyl (C=O) groups excluding carboxylic acids is 1. The van der Waals surface area contributed by atoms with Crippen molar-refractivity contribution in [2.24, 2.45) is 0 Å². The monoisotopic (exact) mass is 331 g/mol. The van der Waals surface area contributed by atoms with Crippen LogP contribution in [0.1, 0.15) is 15.9 Å². The van der Waals surface area contributed by atoms with Crippen LogP contribution in [0.25, 0.3) is 0 Å². The van der Waals surface area contributed by atoms with Gasteiger partial charge < -0.3 is 14.2 Å². The number of halogens is 1. The number of benzene rings is 2. The zero-order valence-corrected chi connectivity index (χ0v) is 13.2. The van der Waals surface area contributed by atoms with Gasteiger partial charge in [-0.05, 0) is 36.4 Å². The number of ether oxygens (including phenoxy) is 3. The maximum absolute atomic E-state index is 11.4. The lowest BCUT2D eigenvalue weighted by Gasteiger charge is -2.10. The molecule has 23 heavy (non-hydrogen) atoms. The summed E-state index contributed by atoms with van der Waals surface area (Å²) in [4.78, 5) is 11.4. The van der Waals surface area contributed by atoms with E-state index in [-0.39, 0.29) is 13.2 Å². The quantitative estimate of drug-likeness (QED) is 0.599. The Morgan fingerprint density at radius 2 is 1.96 bits per heavy atom. The maximum Gasteiger partial charge on any atom is 0.337 e. The minimum Gasteiger partial charge on any atom is -0.490 e. The van der Waals surface area contributed by atoms with Gasteiger partial charge in [0.05, 0.1) is 29.3 Å². The molecule has 118 valence electrons. The topological polar surface area (TPSA) is 68.6 Å². The van der Waals surface area contributed by atoms with Gasteiger partial charge in [0.2, 0.25) is 0 Å². The van der Waals surface area contributed by atoms with E-state index in [2.05, 4.69) is 4.74 Å². The fourth-order valence-corrected chi connectivity index (χ4v) is 2.06. The molecule has 0 aliphatic rings. The van der Waals surface area contributed by atoms with Gasteiger partial charge in [-0.2, -0.15) is 5.26 Å². The van der Waals surface area contributed by atoms with Crippen LogP contribution in [0, 0.1) is 11.3 Å². The molecule has 2 rings (SSSR count). The Hall–Kier alpha value is -2.71. The molecule has 2 aromatic carbocycles. The van der Waals surface area contributed by atoms with Gasteiger partial charge in [-0.15, -0.1) is 0 Å². The maximum atomic E-state index is 11.4. The summed E-state index contributed by atoms with van der Waals surface area (Å²) >= 11 is 6.01. The van der Waals surface area contributed by atoms with Crippen LogP contribution in [0.2, 0.25) is 5.02 Å². The van der Waals surface area contributed by atoms with Crippen LogP contribution in [0.15, 0.2) is 42.5 Å². The molecule has 0 N–H and O–H groups in total. The van der Waals surface area contributed by atoms with Crippen molar-refractivity contribution in [2.45, 2.75) is 0 Å². The second-order valence-corrected chi connectivity index (χ2v) is 4.88. The van der Waals surface area contributed by atoms with E-state index in [4.69, 9.17) is 26.3 Å². The van der Waals surface area contributed by atoms with E-state index < -0.39 is 5.97 Å². The van der Waals surface area contributed by atoms with E-state index in [1.165, 1.54) is 13.2 Å². The Morgan fingerprint density at radius 3 is 2.65 bits per heavy atom. The fourth-order valence-electron chi connectivity index (χ4n) is 1.83. The van der Waals surface area contributed by atoms with E-state index in [1.807, 2.05) is 6.07 Å². The zero-order chi connectivity index (χ0) is 16.7. The van der Waals surface area contributed by atoms with Gasteiger partial charge in [-0.1, -0.05) is 17.7 Å². The Balaban J connectivity index is 1.86. The fraction of sp³-hybridized carbons (Fsp3) is 0.176. The van der Waals surface area contributed by atoms with Crippen LogP contribution < -0.4 is 9.47 Å². The summed E-state index contributed by atoms with van der Waals surface area (Å²) < 4.78 is 15.7. The van der Waals surface area contributed by atoms with Crippen LogP contribution >= 0.6 is 11.6 Å². The Kier molecular flexibility index (Phi) is 5.84. The average molecular weight is 332 g/mol. The molecule has 0 bridgehead atoms. The number of nitrogens with zero attached hydrogens (tertiary/aromatic N) is 1. The first-order chi connectivity index (χ1) is 11.1. The lowest BCUT2D eigenvalue weighted by molar-refractivity contribution is 0.0600. The highest BCUT2D eigenvalue weighted by atomic mass is 35.5. The SMILES string of the molecule is COC(=O)c1cccc(OCCOc2ccc(C#N)cc2Cl)c1. The van der Waals surface area contributed by atoms with Gasteiger partial charge in [0.25, 0.3) is 0 Å². The second-order valence-electron chi connectivity index (χ2n) is 4.47. The normalized spacial score (nSPS) is 9.78. The molecule has 0 aromatic heterocycles. The zero-order valence-electron chi connectivity index (χ0n) is 12.4. The number of rotatable bonds is 6. The molecule has 0 aliphatic heterocycles. The molecule has 0 atom stereocenters. The Morgan fingerprint density at radius 1 is 1.17 bits per heavy atom. The van der Waals surface area contributed by atoms with E-state index in [0.717, 1.165) is 0 Å². The van der Waals surface area contributed by atoms with Crippen molar-refractivity contribution in [3.05, 3.63) is 58.6 Å². The Labute approximate surface area is 139 Å². The van der Waals surface area contributed by atoms with E-state index in [9.17, 15) is 4.79 Å². The first-order valence-corrected chi connectivity index (χ1v) is 7.15. The number of hydrogen-bond acceptors (Lipinski definition) is 5. The predicted octanol–water partition coefficient (Wildman–Crippen LogP) is 3.46. The molecule has 0 spiro atoms. The van der Waals surface area contributed by atoms with Crippen LogP contribution in [0.4, 0.5) is 0 Å². The lowest BCUT2D eigenvalue weighted by Crippen LogP contribution is -2.10. The minimum atomic E-state index is -0.420. The molecular weight excluding hydrogens is 318 g/mol. The summed E-state index contributed by atoms with van der Waals surface area (Å²) in [6, 6.07) is 13.5. The van der Waals surface area contributed by atoms with Crippen molar-refractivity contribution in [3.63, 3.8) is 0 Å². The summed E-state index contributed by atoms with van der Waals surface area (Å²) in [7, 11) is 1.32. The number of methoxy groups -OCH3 is 1. The van der Waals surface area contributed by atoms with Crippen LogP contribution in [0.3, 0.4) is 0 Å². The molecule has 5 nitrogen and oxygen atoms in total. The van der Waals surface area contributed by atoms with Gasteiger partial charge in [-0.25, -0.2) is 4.79 Å². The van der Waals surface area contributed by atoms with Crippen molar-refractivity contribution < 1.29 is 19.0 Å². The number of carbonyl (C=O) groups is 1. The van der Waals surface area contributed by atoms with Crippen LogP contribution in [0.5, 0.6) is 11.5 Å². The van der Waals surface area contributed by atoms with Gasteiger partial charge in [-0.3, -0.25) is 0 Å². The molecule has 0 fully saturated rings. The Bertz CT molecular complexity index is 740. The highest BCUT2D eigenvalue weighted by Crippen LogP contribution is 2.25. The number of esters is 1. The molecule has 0 aliphatic carbocycles. The summed E-state index contributed by atoms with van der Waals surface area (Å²) in [6.45, 7) is 0.551. The van der Waals surface area contributed by atoms with E-state index in [0.29, 0.717) is 27.6 Å². The third-order valence-corrected chi connectivity index (χ3v) is 3.22. The number of nitriles is 1. The second kappa shape index (κ2) is 8.06. The molecule has 0 heterocycles. The minimum absolute atomic E-state index is 0.272. The van der Waals surface area contributed by atoms with Gasteiger partial charge in [0.1, 0.15) is 24.7 Å². The molecule has 2 aromatic rings. The average Bonchev–Trinajstić information content (AvgIpc) is 2.59. The predicted molar refractivity (Wildman–Crippen MR) is 84.9 cm³/mol. The first-order valence-electron chi connectivity index (χ1n) is 6.77. The molecule has 0 unspecified atom stereocenters. The van der Waals surface area contributed by atoms with Gasteiger partial charge in [0.15, 0.2) is 0 Å². The molecule has 0 amide bonds. The molecule has 0 saturated heterocycles. The van der Waals surface area contributed by atoms with Crippen molar-refractivity contribution in [3.8, 4) is 17.6 Å². The highest BCUT2D eigenvalue weighted by Gasteiger charge is 2.06. The van der Waals surface area contributed by atoms with Crippen LogP contribution in [-0.4, -0.2) is 26.3 Å². The van der Waals surface area contributed by atoms with E-state index in [1.54, 1.807) is 36.4 Å². The molecule has 0 saturated carbocycles. The smallest absolute Gasteiger partial charge is 0.337 e. The summed E-state index contributed by atoms with van der Waals surface area (Å²) in [6.07, 6.45) is 0. The first kappa shape index (κ1) is 16.7. The summed E-state index contributed by atoms with van der Waals surface area (Å²) in [5.74, 6) is 0.607. The van der Waals surface area contributed by atoms with Crippen molar-refractivity contribution >= 4 is 17.6 Å². The summed E-state index contributed by atoms with van der Waals surface area (Å²) in [5, 5.41) is 9.14. The third kappa shape index (κ3) is 4.63. The standard InChI is InChI=1S/C17H14ClNO4/c1-21-17(20)13-3-2-4-14(10-13)22-7-8-23-16-6-5-12(11-19)9-15(16)18/h2-6,9-10H,7-8H2,1H3. The summed E-state index contributed by atoms with van der Waals surface area (Å²) in [5.41, 5.74) is 0.888. The molecule has 6 heteroatoms. The van der Waals surface area contributed by atoms with Crippen molar-refractivity contribution in [1.82, 2.24) is 0 Å². The largest absolute Gasteiger partial charge is 0.490 e. The lowest BCUT2D eigenvalue weighted by atomic mass is 10.2. The molecular formula is C17H14ClNO4. The van der Waals surface area contributed by atoms with E-state index >= 15 is 0 Å². The number of hydrogen-bond donors (Lipinski definition) is 0. The highest BCUT2D eigenvalue weighted by molar-refractivity contribution is 6.32. The van der Waals surface area contributed by atoms with Gasteiger partial charge >= 0.3 is 5.97 Å².